The topological polar surface area (TPSA) is 50.5 Å². The van der Waals surface area contributed by atoms with E-state index in [1.54, 1.807) is 12.1 Å². The Morgan fingerprint density at radius 2 is 1.81 bits per heavy atom. The first kappa shape index (κ1) is 18.6. The number of benzene rings is 2. The van der Waals surface area contributed by atoms with Gasteiger partial charge >= 0.3 is 0 Å². The molecule has 0 saturated carbocycles. The van der Waals surface area contributed by atoms with Crippen molar-refractivity contribution in [1.29, 1.82) is 5.26 Å². The standard InChI is InChI=1S/C22H27N3O/c1-18-11-12-24(13-14-25(18)16-20-5-3-2-4-6-20)17-22(26)21-9-7-19(15-23)8-10-21/h2-10,18,22,26H,11-14,16-17H2,1H3. The summed E-state index contributed by atoms with van der Waals surface area (Å²) < 4.78 is 0. The van der Waals surface area contributed by atoms with Gasteiger partial charge in [-0.25, -0.2) is 0 Å². The molecular formula is C22H27N3O. The van der Waals surface area contributed by atoms with Crippen molar-refractivity contribution in [2.24, 2.45) is 0 Å². The molecule has 1 fully saturated rings. The Morgan fingerprint density at radius 3 is 2.50 bits per heavy atom. The van der Waals surface area contributed by atoms with E-state index in [4.69, 9.17) is 5.26 Å². The molecular weight excluding hydrogens is 322 g/mol. The highest BCUT2D eigenvalue weighted by Crippen LogP contribution is 2.19. The first-order valence-corrected chi connectivity index (χ1v) is 9.34. The van der Waals surface area contributed by atoms with Gasteiger partial charge in [-0.3, -0.25) is 9.80 Å². The summed E-state index contributed by atoms with van der Waals surface area (Å²) in [6, 6.07) is 20.5. The highest BCUT2D eigenvalue weighted by atomic mass is 16.3. The summed E-state index contributed by atoms with van der Waals surface area (Å²) in [4.78, 5) is 4.88. The molecule has 26 heavy (non-hydrogen) atoms. The van der Waals surface area contributed by atoms with Crippen LogP contribution in [0.25, 0.3) is 0 Å². The molecule has 0 aliphatic carbocycles. The lowest BCUT2D eigenvalue weighted by Crippen LogP contribution is -2.35. The molecule has 4 nitrogen and oxygen atoms in total. The van der Waals surface area contributed by atoms with Crippen LogP contribution in [0.15, 0.2) is 54.6 Å². The van der Waals surface area contributed by atoms with Gasteiger partial charge in [0.05, 0.1) is 17.7 Å². The number of hydrogen-bond donors (Lipinski definition) is 1. The predicted molar refractivity (Wildman–Crippen MR) is 103 cm³/mol. The van der Waals surface area contributed by atoms with E-state index in [0.29, 0.717) is 18.2 Å². The fraction of sp³-hybridized carbons (Fsp3) is 0.409. The third-order valence-electron chi connectivity index (χ3n) is 5.27. The third-order valence-corrected chi connectivity index (χ3v) is 5.27. The SMILES string of the molecule is CC1CCN(CC(O)c2ccc(C#N)cc2)CCN1Cc1ccccc1. The Balaban J connectivity index is 1.56. The van der Waals surface area contributed by atoms with Crippen molar-refractivity contribution in [3.63, 3.8) is 0 Å². The molecule has 0 aromatic heterocycles. The van der Waals surface area contributed by atoms with Gasteiger partial charge in [-0.1, -0.05) is 42.5 Å². The Hall–Kier alpha value is -2.19. The van der Waals surface area contributed by atoms with Gasteiger partial charge < -0.3 is 5.11 Å². The van der Waals surface area contributed by atoms with Gasteiger partial charge in [-0.2, -0.15) is 5.26 Å². The van der Waals surface area contributed by atoms with Gasteiger partial charge in [-0.15, -0.1) is 0 Å². The quantitative estimate of drug-likeness (QED) is 0.901. The average Bonchev–Trinajstić information content (AvgIpc) is 2.85. The molecule has 2 aromatic carbocycles. The minimum Gasteiger partial charge on any atom is -0.387 e. The molecule has 2 atom stereocenters. The van der Waals surface area contributed by atoms with Crippen LogP contribution < -0.4 is 0 Å². The minimum absolute atomic E-state index is 0.515. The molecule has 1 aliphatic heterocycles. The van der Waals surface area contributed by atoms with Crippen LogP contribution in [0.3, 0.4) is 0 Å². The van der Waals surface area contributed by atoms with Crippen LogP contribution in [0.1, 0.15) is 36.1 Å². The largest absolute Gasteiger partial charge is 0.387 e. The van der Waals surface area contributed by atoms with Gasteiger partial charge in [0.15, 0.2) is 0 Å². The lowest BCUT2D eigenvalue weighted by atomic mass is 10.1. The molecule has 1 aliphatic rings. The molecule has 0 radical (unpaired) electrons. The predicted octanol–water partition coefficient (Wildman–Crippen LogP) is 3.19. The monoisotopic (exact) mass is 349 g/mol. The number of β-amino-alcohol motifs (C(OH)–C–C–N with tert-alkyl or cyclic N) is 1. The average molecular weight is 349 g/mol. The number of hydrogen-bond acceptors (Lipinski definition) is 4. The molecule has 136 valence electrons. The van der Waals surface area contributed by atoms with Crippen molar-refractivity contribution in [1.82, 2.24) is 9.80 Å². The van der Waals surface area contributed by atoms with Crippen molar-refractivity contribution in [3.05, 3.63) is 71.3 Å². The second-order valence-electron chi connectivity index (χ2n) is 7.14. The fourth-order valence-corrected chi connectivity index (χ4v) is 3.52. The summed E-state index contributed by atoms with van der Waals surface area (Å²) in [5.41, 5.74) is 2.86. The van der Waals surface area contributed by atoms with Gasteiger partial charge in [-0.05, 0) is 43.1 Å². The summed E-state index contributed by atoms with van der Waals surface area (Å²) >= 11 is 0. The second-order valence-corrected chi connectivity index (χ2v) is 7.14. The number of rotatable bonds is 5. The highest BCUT2D eigenvalue weighted by Gasteiger charge is 2.22. The summed E-state index contributed by atoms with van der Waals surface area (Å²) in [5.74, 6) is 0. The molecule has 0 bridgehead atoms. The van der Waals surface area contributed by atoms with Crippen molar-refractivity contribution >= 4 is 0 Å². The van der Waals surface area contributed by atoms with Gasteiger partial charge in [0, 0.05) is 32.2 Å². The Bertz CT molecular complexity index is 723. The molecule has 0 amide bonds. The zero-order chi connectivity index (χ0) is 18.4. The molecule has 0 spiro atoms. The van der Waals surface area contributed by atoms with E-state index >= 15 is 0 Å². The van der Waals surface area contributed by atoms with E-state index in [2.05, 4.69) is 53.1 Å². The van der Waals surface area contributed by atoms with Crippen LogP contribution in [0.5, 0.6) is 0 Å². The maximum Gasteiger partial charge on any atom is 0.0991 e. The van der Waals surface area contributed by atoms with Crippen LogP contribution in [-0.4, -0.2) is 47.1 Å². The first-order chi connectivity index (χ1) is 12.7. The van der Waals surface area contributed by atoms with Gasteiger partial charge in [0.1, 0.15) is 0 Å². The second kappa shape index (κ2) is 8.95. The zero-order valence-corrected chi connectivity index (χ0v) is 15.4. The zero-order valence-electron chi connectivity index (χ0n) is 15.4. The third kappa shape index (κ3) is 4.92. The molecule has 2 aromatic rings. The van der Waals surface area contributed by atoms with Crippen molar-refractivity contribution in [2.45, 2.75) is 32.0 Å². The van der Waals surface area contributed by atoms with Crippen LogP contribution in [0.2, 0.25) is 0 Å². The first-order valence-electron chi connectivity index (χ1n) is 9.34. The van der Waals surface area contributed by atoms with Crippen LogP contribution >= 0.6 is 0 Å². The van der Waals surface area contributed by atoms with Crippen molar-refractivity contribution < 1.29 is 5.11 Å². The van der Waals surface area contributed by atoms with E-state index in [-0.39, 0.29) is 0 Å². The van der Waals surface area contributed by atoms with E-state index < -0.39 is 6.10 Å². The van der Waals surface area contributed by atoms with E-state index in [1.807, 2.05) is 12.1 Å². The lowest BCUT2D eigenvalue weighted by Gasteiger charge is -2.26. The Labute approximate surface area is 156 Å². The molecule has 2 unspecified atom stereocenters. The molecule has 1 heterocycles. The molecule has 1 saturated heterocycles. The maximum absolute atomic E-state index is 10.6. The lowest BCUT2D eigenvalue weighted by molar-refractivity contribution is 0.114. The van der Waals surface area contributed by atoms with Crippen LogP contribution in [-0.2, 0) is 6.54 Å². The summed E-state index contributed by atoms with van der Waals surface area (Å²) in [6.45, 7) is 6.88. The van der Waals surface area contributed by atoms with Crippen molar-refractivity contribution in [2.75, 3.05) is 26.2 Å². The smallest absolute Gasteiger partial charge is 0.0991 e. The number of aliphatic hydroxyl groups excluding tert-OH is 1. The summed E-state index contributed by atoms with van der Waals surface area (Å²) in [6.07, 6.45) is 0.589. The maximum atomic E-state index is 10.6. The van der Waals surface area contributed by atoms with E-state index in [1.165, 1.54) is 5.56 Å². The fourth-order valence-electron chi connectivity index (χ4n) is 3.52. The summed E-state index contributed by atoms with van der Waals surface area (Å²) in [5, 5.41) is 19.4. The summed E-state index contributed by atoms with van der Waals surface area (Å²) in [7, 11) is 0. The molecule has 1 N–H and O–H groups in total. The van der Waals surface area contributed by atoms with Gasteiger partial charge in [0.25, 0.3) is 0 Å². The number of nitrogens with zero attached hydrogens (tertiary/aromatic N) is 3. The molecule has 4 heteroatoms. The van der Waals surface area contributed by atoms with E-state index in [9.17, 15) is 5.11 Å². The normalized spacial score (nSPS) is 20.3. The van der Waals surface area contributed by atoms with E-state index in [0.717, 1.165) is 38.2 Å². The Morgan fingerprint density at radius 1 is 1.08 bits per heavy atom. The number of nitriles is 1. The van der Waals surface area contributed by atoms with Gasteiger partial charge in [0.2, 0.25) is 0 Å². The highest BCUT2D eigenvalue weighted by molar-refractivity contribution is 5.32. The Kier molecular flexibility index (Phi) is 6.40. The van der Waals surface area contributed by atoms with Crippen LogP contribution in [0, 0.1) is 11.3 Å². The number of aliphatic hydroxyl groups is 1. The van der Waals surface area contributed by atoms with Crippen molar-refractivity contribution in [3.8, 4) is 6.07 Å². The minimum atomic E-state index is -0.515. The molecule has 3 rings (SSSR count). The van der Waals surface area contributed by atoms with Crippen LogP contribution in [0.4, 0.5) is 0 Å².